The fourth-order valence-corrected chi connectivity index (χ4v) is 3.08. The molecule has 0 aromatic heterocycles. The van der Waals surface area contributed by atoms with Crippen LogP contribution in [0.15, 0.2) is 24.3 Å². The average molecular weight is 223 g/mol. The monoisotopic (exact) mass is 222 g/mol. The molecule has 0 bridgehead atoms. The molecule has 1 nitrogen and oxygen atoms in total. The van der Waals surface area contributed by atoms with Gasteiger partial charge in [-0.1, -0.05) is 38.1 Å². The second-order valence-corrected chi connectivity index (χ2v) is 4.72. The van der Waals surface area contributed by atoms with E-state index in [0.717, 1.165) is 12.8 Å². The number of fused-ring (bicyclic) bond motifs is 1. The molecule has 2 atom stereocenters. The molecule has 2 heteroatoms. The van der Waals surface area contributed by atoms with Crippen LogP contribution < -0.4 is 0 Å². The van der Waals surface area contributed by atoms with Crippen LogP contribution in [0.3, 0.4) is 0 Å². The Morgan fingerprint density at radius 3 is 2.73 bits per heavy atom. The molecule has 1 aromatic carbocycles. The number of carbonyl (C=O) groups is 1. The summed E-state index contributed by atoms with van der Waals surface area (Å²) >= 11 is 5.79. The van der Waals surface area contributed by atoms with Crippen molar-refractivity contribution in [3.63, 3.8) is 0 Å². The predicted octanol–water partition coefficient (Wildman–Crippen LogP) is 3.51. The van der Waals surface area contributed by atoms with Gasteiger partial charge in [0.2, 0.25) is 5.24 Å². The molecule has 0 radical (unpaired) electrons. The summed E-state index contributed by atoms with van der Waals surface area (Å²) in [6.07, 6.45) is 1.61. The fraction of sp³-hybridized carbons (Fsp3) is 0.462. The minimum absolute atomic E-state index is 0.186. The zero-order valence-corrected chi connectivity index (χ0v) is 9.84. The molecule has 80 valence electrons. The smallest absolute Gasteiger partial charge is 0.228 e. The van der Waals surface area contributed by atoms with Crippen LogP contribution in [0.2, 0.25) is 0 Å². The van der Waals surface area contributed by atoms with Crippen LogP contribution in [0, 0.1) is 5.41 Å². The summed E-state index contributed by atoms with van der Waals surface area (Å²) in [6, 6.07) is 8.26. The Morgan fingerprint density at radius 1 is 1.53 bits per heavy atom. The van der Waals surface area contributed by atoms with Crippen molar-refractivity contribution in [3.05, 3.63) is 35.4 Å². The first kappa shape index (κ1) is 10.7. The van der Waals surface area contributed by atoms with Crippen LogP contribution in [0.4, 0.5) is 0 Å². The summed E-state index contributed by atoms with van der Waals surface area (Å²) in [5.41, 5.74) is 2.19. The zero-order chi connectivity index (χ0) is 11.1. The van der Waals surface area contributed by atoms with Gasteiger partial charge in [0.05, 0.1) is 5.41 Å². The van der Waals surface area contributed by atoms with E-state index in [9.17, 15) is 4.79 Å². The van der Waals surface area contributed by atoms with Crippen molar-refractivity contribution in [1.29, 1.82) is 0 Å². The van der Waals surface area contributed by atoms with Gasteiger partial charge >= 0.3 is 0 Å². The van der Waals surface area contributed by atoms with Gasteiger partial charge in [-0.15, -0.1) is 0 Å². The summed E-state index contributed by atoms with van der Waals surface area (Å²) in [6.45, 7) is 4.15. The minimum atomic E-state index is -0.370. The zero-order valence-electron chi connectivity index (χ0n) is 9.09. The molecule has 0 saturated heterocycles. The largest absolute Gasteiger partial charge is 0.281 e. The normalized spacial score (nSPS) is 28.9. The van der Waals surface area contributed by atoms with E-state index in [1.807, 2.05) is 19.1 Å². The summed E-state index contributed by atoms with van der Waals surface area (Å²) in [4.78, 5) is 11.6. The number of hydrogen-bond donors (Lipinski definition) is 0. The molecular formula is C13H15ClO. The van der Waals surface area contributed by atoms with Gasteiger partial charge in [-0.25, -0.2) is 0 Å². The third kappa shape index (κ3) is 1.41. The van der Waals surface area contributed by atoms with Gasteiger partial charge in [-0.2, -0.15) is 0 Å². The number of benzene rings is 1. The van der Waals surface area contributed by atoms with Crippen molar-refractivity contribution < 1.29 is 4.79 Å². The standard InChI is InChI=1S/C13H15ClO/c1-3-13(12(14)15)8-10-6-4-5-7-11(10)9(13)2/h4-7,9H,3,8H2,1-2H3. The Morgan fingerprint density at radius 2 is 2.20 bits per heavy atom. The maximum atomic E-state index is 11.6. The first-order chi connectivity index (χ1) is 7.12. The highest BCUT2D eigenvalue weighted by molar-refractivity contribution is 6.64. The van der Waals surface area contributed by atoms with E-state index in [4.69, 9.17) is 11.6 Å². The molecule has 1 aliphatic carbocycles. The summed E-state index contributed by atoms with van der Waals surface area (Å²) in [5, 5.41) is -0.186. The average Bonchev–Trinajstić information content (AvgIpc) is 2.53. The Balaban J connectivity index is 2.49. The second-order valence-electron chi connectivity index (χ2n) is 4.38. The minimum Gasteiger partial charge on any atom is -0.281 e. The Labute approximate surface area is 95.4 Å². The van der Waals surface area contributed by atoms with E-state index in [2.05, 4.69) is 19.1 Å². The lowest BCUT2D eigenvalue weighted by molar-refractivity contribution is -0.121. The molecule has 2 unspecified atom stereocenters. The van der Waals surface area contributed by atoms with Gasteiger partial charge in [-0.05, 0) is 41.5 Å². The first-order valence-electron chi connectivity index (χ1n) is 5.39. The lowest BCUT2D eigenvalue weighted by Gasteiger charge is -2.28. The van der Waals surface area contributed by atoms with E-state index in [-0.39, 0.29) is 16.6 Å². The van der Waals surface area contributed by atoms with Gasteiger partial charge in [0, 0.05) is 0 Å². The maximum Gasteiger partial charge on any atom is 0.228 e. The topological polar surface area (TPSA) is 17.1 Å². The Kier molecular flexibility index (Phi) is 2.59. The Bertz CT molecular complexity index is 399. The molecule has 2 rings (SSSR count). The lowest BCUT2D eigenvalue weighted by atomic mass is 9.76. The van der Waals surface area contributed by atoms with Gasteiger partial charge in [-0.3, -0.25) is 4.79 Å². The first-order valence-corrected chi connectivity index (χ1v) is 5.77. The molecule has 0 amide bonds. The number of carbonyl (C=O) groups excluding carboxylic acids is 1. The highest BCUT2D eigenvalue weighted by Crippen LogP contribution is 2.50. The van der Waals surface area contributed by atoms with E-state index in [1.54, 1.807) is 0 Å². The molecule has 0 heterocycles. The quantitative estimate of drug-likeness (QED) is 0.700. The van der Waals surface area contributed by atoms with Gasteiger partial charge in [0.1, 0.15) is 0 Å². The molecule has 0 spiro atoms. The lowest BCUT2D eigenvalue weighted by Crippen LogP contribution is -2.30. The highest BCUT2D eigenvalue weighted by atomic mass is 35.5. The van der Waals surface area contributed by atoms with Crippen LogP contribution in [-0.4, -0.2) is 5.24 Å². The maximum absolute atomic E-state index is 11.6. The van der Waals surface area contributed by atoms with Crippen molar-refractivity contribution in [2.24, 2.45) is 5.41 Å². The highest BCUT2D eigenvalue weighted by Gasteiger charge is 2.46. The predicted molar refractivity (Wildman–Crippen MR) is 62.1 cm³/mol. The van der Waals surface area contributed by atoms with Crippen LogP contribution >= 0.6 is 11.6 Å². The van der Waals surface area contributed by atoms with Crippen molar-refractivity contribution in [1.82, 2.24) is 0 Å². The van der Waals surface area contributed by atoms with Gasteiger partial charge in [0.15, 0.2) is 0 Å². The van der Waals surface area contributed by atoms with Gasteiger partial charge < -0.3 is 0 Å². The van der Waals surface area contributed by atoms with Crippen molar-refractivity contribution in [2.45, 2.75) is 32.6 Å². The second kappa shape index (κ2) is 3.64. The molecule has 1 aliphatic rings. The van der Waals surface area contributed by atoms with E-state index in [0.29, 0.717) is 0 Å². The van der Waals surface area contributed by atoms with Crippen molar-refractivity contribution >= 4 is 16.8 Å². The molecule has 0 fully saturated rings. The van der Waals surface area contributed by atoms with E-state index in [1.165, 1.54) is 11.1 Å². The van der Waals surface area contributed by atoms with Crippen LogP contribution in [-0.2, 0) is 11.2 Å². The third-order valence-electron chi connectivity index (χ3n) is 3.88. The van der Waals surface area contributed by atoms with Crippen molar-refractivity contribution in [3.8, 4) is 0 Å². The van der Waals surface area contributed by atoms with E-state index >= 15 is 0 Å². The molecular weight excluding hydrogens is 208 g/mol. The Hall–Kier alpha value is -0.820. The molecule has 0 saturated carbocycles. The number of rotatable bonds is 2. The summed E-state index contributed by atoms with van der Waals surface area (Å²) in [7, 11) is 0. The van der Waals surface area contributed by atoms with Gasteiger partial charge in [0.25, 0.3) is 0 Å². The van der Waals surface area contributed by atoms with E-state index < -0.39 is 0 Å². The molecule has 1 aromatic rings. The number of hydrogen-bond acceptors (Lipinski definition) is 1. The molecule has 0 aliphatic heterocycles. The third-order valence-corrected chi connectivity index (χ3v) is 4.26. The number of halogens is 1. The van der Waals surface area contributed by atoms with Crippen LogP contribution in [0.1, 0.15) is 37.3 Å². The van der Waals surface area contributed by atoms with Crippen LogP contribution in [0.25, 0.3) is 0 Å². The fourth-order valence-electron chi connectivity index (χ4n) is 2.72. The summed E-state index contributed by atoms with van der Waals surface area (Å²) in [5.74, 6) is 0.240. The SMILES string of the molecule is CCC1(C(=O)Cl)Cc2ccccc2C1C. The molecule has 15 heavy (non-hydrogen) atoms. The summed E-state index contributed by atoms with van der Waals surface area (Å²) < 4.78 is 0. The van der Waals surface area contributed by atoms with Crippen molar-refractivity contribution in [2.75, 3.05) is 0 Å². The molecule has 0 N–H and O–H groups in total. The van der Waals surface area contributed by atoms with Crippen LogP contribution in [0.5, 0.6) is 0 Å².